The first kappa shape index (κ1) is 28.5. The zero-order chi connectivity index (χ0) is 28.1. The molecule has 2 amide bonds. The fourth-order valence-corrected chi connectivity index (χ4v) is 7.54. The number of ether oxygens (including phenoxy) is 1. The highest BCUT2D eigenvalue weighted by Crippen LogP contribution is 2.39. The molecule has 210 valence electrons. The summed E-state index contributed by atoms with van der Waals surface area (Å²) in [5.74, 6) is 0.799. The number of nitrogens with one attached hydrogen (secondary N) is 1. The number of thioether (sulfide) groups is 1. The second-order valence-electron chi connectivity index (χ2n) is 9.62. The van der Waals surface area contributed by atoms with Crippen molar-refractivity contribution in [3.8, 4) is 5.75 Å². The molecule has 0 radical (unpaired) electrons. The van der Waals surface area contributed by atoms with Crippen LogP contribution in [0, 0.1) is 0 Å². The van der Waals surface area contributed by atoms with Gasteiger partial charge in [-0.25, -0.2) is 8.42 Å². The highest BCUT2D eigenvalue weighted by Gasteiger charge is 2.33. The molecule has 2 saturated heterocycles. The summed E-state index contributed by atoms with van der Waals surface area (Å²) in [4.78, 5) is 27.3. The lowest BCUT2D eigenvalue weighted by Crippen LogP contribution is -2.29. The molecular weight excluding hydrogens is 570 g/mol. The van der Waals surface area contributed by atoms with Crippen LogP contribution >= 0.6 is 23.4 Å². The summed E-state index contributed by atoms with van der Waals surface area (Å²) >= 11 is 7.55. The minimum Gasteiger partial charge on any atom is -0.492 e. The average Bonchev–Trinajstić information content (AvgIpc) is 3.64. The lowest BCUT2D eigenvalue weighted by molar-refractivity contribution is -0.128. The summed E-state index contributed by atoms with van der Waals surface area (Å²) in [7, 11) is -3.46. The van der Waals surface area contributed by atoms with E-state index in [0.29, 0.717) is 41.7 Å². The molecule has 11 heteroatoms. The van der Waals surface area contributed by atoms with Gasteiger partial charge in [-0.05, 0) is 72.5 Å². The Kier molecular flexibility index (Phi) is 9.00. The number of hydrogen-bond donors (Lipinski definition) is 1. The second-order valence-corrected chi connectivity index (χ2v) is 13.1. The molecule has 0 aromatic heterocycles. The van der Waals surface area contributed by atoms with Gasteiger partial charge in [-0.2, -0.15) is 4.31 Å². The van der Waals surface area contributed by atoms with Gasteiger partial charge in [0.15, 0.2) is 0 Å². The predicted molar refractivity (Wildman–Crippen MR) is 156 cm³/mol. The fourth-order valence-electron chi connectivity index (χ4n) is 4.71. The molecule has 0 bridgehead atoms. The summed E-state index contributed by atoms with van der Waals surface area (Å²) in [5.41, 5.74) is 2.48. The molecule has 8 nitrogen and oxygen atoms in total. The topological polar surface area (TPSA) is 96.0 Å². The van der Waals surface area contributed by atoms with E-state index < -0.39 is 10.0 Å². The minimum atomic E-state index is -3.46. The number of benzene rings is 3. The maximum Gasteiger partial charge on any atom is 0.251 e. The Morgan fingerprint density at radius 2 is 1.65 bits per heavy atom. The molecule has 0 saturated carbocycles. The normalized spacial score (nSPS) is 17.8. The van der Waals surface area contributed by atoms with Crippen molar-refractivity contribution in [3.63, 3.8) is 0 Å². The Morgan fingerprint density at radius 1 is 0.975 bits per heavy atom. The first-order chi connectivity index (χ1) is 19.3. The highest BCUT2D eigenvalue weighted by atomic mass is 35.5. The van der Waals surface area contributed by atoms with Gasteiger partial charge in [-0.15, -0.1) is 11.8 Å². The van der Waals surface area contributed by atoms with Crippen molar-refractivity contribution in [2.75, 3.05) is 32.0 Å². The van der Waals surface area contributed by atoms with Crippen LogP contribution in [-0.4, -0.2) is 61.4 Å². The maximum atomic E-state index is 12.6. The smallest absolute Gasteiger partial charge is 0.251 e. The van der Waals surface area contributed by atoms with E-state index in [9.17, 15) is 18.0 Å². The predicted octanol–water partition coefficient (Wildman–Crippen LogP) is 4.71. The van der Waals surface area contributed by atoms with Crippen molar-refractivity contribution in [1.82, 2.24) is 14.5 Å². The van der Waals surface area contributed by atoms with Crippen LogP contribution in [0.3, 0.4) is 0 Å². The van der Waals surface area contributed by atoms with Crippen LogP contribution in [0.4, 0.5) is 0 Å². The first-order valence-corrected chi connectivity index (χ1v) is 15.9. The van der Waals surface area contributed by atoms with E-state index in [-0.39, 0.29) is 35.2 Å². The van der Waals surface area contributed by atoms with Gasteiger partial charge in [0.05, 0.1) is 17.2 Å². The van der Waals surface area contributed by atoms with Crippen LogP contribution in [-0.2, 0) is 21.4 Å². The van der Waals surface area contributed by atoms with E-state index in [0.717, 1.165) is 24.0 Å². The standard InChI is InChI=1S/C29H30ClN3O5S2/c30-24-9-3-21(4-10-24)19-33-27(34)20-39-29(33)23-7-5-22(6-8-23)28(35)31-15-18-38-25-11-13-26(14-12-25)40(36,37)32-16-1-2-17-32/h3-14,29H,1-2,15-20H2,(H,31,35). The largest absolute Gasteiger partial charge is 0.492 e. The Hall–Kier alpha value is -3.05. The number of carbonyl (C=O) groups excluding carboxylic acids is 2. The number of hydrogen-bond acceptors (Lipinski definition) is 6. The molecule has 2 aliphatic rings. The van der Waals surface area contributed by atoms with Crippen LogP contribution in [0.5, 0.6) is 5.75 Å². The number of amides is 2. The van der Waals surface area contributed by atoms with E-state index in [4.69, 9.17) is 16.3 Å². The highest BCUT2D eigenvalue weighted by molar-refractivity contribution is 8.00. The third-order valence-electron chi connectivity index (χ3n) is 6.88. The average molecular weight is 600 g/mol. The van der Waals surface area contributed by atoms with E-state index in [2.05, 4.69) is 5.32 Å². The molecule has 2 aliphatic heterocycles. The van der Waals surface area contributed by atoms with Crippen molar-refractivity contribution in [2.45, 2.75) is 29.7 Å². The van der Waals surface area contributed by atoms with Crippen LogP contribution in [0.1, 0.15) is 39.7 Å². The Bertz CT molecular complexity index is 1440. The van der Waals surface area contributed by atoms with E-state index in [1.54, 1.807) is 48.2 Å². The van der Waals surface area contributed by atoms with Gasteiger partial charge in [0.1, 0.15) is 17.7 Å². The second kappa shape index (κ2) is 12.6. The van der Waals surface area contributed by atoms with Gasteiger partial charge in [0.2, 0.25) is 15.9 Å². The molecule has 5 rings (SSSR count). The summed E-state index contributed by atoms with van der Waals surface area (Å²) in [6, 6.07) is 21.1. The zero-order valence-corrected chi connectivity index (χ0v) is 24.2. The Labute approximate surface area is 243 Å². The van der Waals surface area contributed by atoms with Crippen molar-refractivity contribution >= 4 is 45.2 Å². The molecule has 1 N–H and O–H groups in total. The Morgan fingerprint density at radius 3 is 2.33 bits per heavy atom. The van der Waals surface area contributed by atoms with Crippen molar-refractivity contribution in [1.29, 1.82) is 0 Å². The van der Waals surface area contributed by atoms with Crippen LogP contribution < -0.4 is 10.1 Å². The fraction of sp³-hybridized carbons (Fsp3) is 0.310. The van der Waals surface area contributed by atoms with Crippen LogP contribution in [0.25, 0.3) is 0 Å². The van der Waals surface area contributed by atoms with Gasteiger partial charge in [0.25, 0.3) is 5.91 Å². The third kappa shape index (κ3) is 6.63. The van der Waals surface area contributed by atoms with Gasteiger partial charge in [-0.3, -0.25) is 9.59 Å². The van der Waals surface area contributed by atoms with Crippen LogP contribution in [0.15, 0.2) is 77.7 Å². The third-order valence-corrected chi connectivity index (χ3v) is 10.3. The molecule has 0 spiro atoms. The van der Waals surface area contributed by atoms with E-state index in [1.807, 2.05) is 41.3 Å². The molecule has 1 unspecified atom stereocenters. The van der Waals surface area contributed by atoms with Gasteiger partial charge >= 0.3 is 0 Å². The zero-order valence-electron chi connectivity index (χ0n) is 21.8. The number of rotatable bonds is 10. The molecular formula is C29H30ClN3O5S2. The summed E-state index contributed by atoms with van der Waals surface area (Å²) < 4.78 is 32.5. The SMILES string of the molecule is O=C(NCCOc1ccc(S(=O)(=O)N2CCCC2)cc1)c1ccc(C2SCC(=O)N2Cc2ccc(Cl)cc2)cc1. The monoisotopic (exact) mass is 599 g/mol. The van der Waals surface area contributed by atoms with E-state index in [1.165, 1.54) is 4.31 Å². The summed E-state index contributed by atoms with van der Waals surface area (Å²) in [6.07, 6.45) is 1.78. The summed E-state index contributed by atoms with van der Waals surface area (Å²) in [5, 5.41) is 3.37. The number of sulfonamides is 1. The van der Waals surface area contributed by atoms with Gasteiger partial charge in [0, 0.05) is 30.2 Å². The van der Waals surface area contributed by atoms with Crippen molar-refractivity contribution < 1.29 is 22.7 Å². The molecule has 3 aromatic carbocycles. The van der Waals surface area contributed by atoms with Crippen LogP contribution in [0.2, 0.25) is 5.02 Å². The van der Waals surface area contributed by atoms with Crippen molar-refractivity contribution in [3.05, 3.63) is 94.5 Å². The Balaban J connectivity index is 1.10. The lowest BCUT2D eigenvalue weighted by atomic mass is 10.1. The number of halogens is 1. The lowest BCUT2D eigenvalue weighted by Gasteiger charge is -2.24. The molecule has 2 fully saturated rings. The molecule has 3 aromatic rings. The number of carbonyl (C=O) groups is 2. The number of nitrogens with zero attached hydrogens (tertiary/aromatic N) is 2. The quantitative estimate of drug-likeness (QED) is 0.339. The molecule has 1 atom stereocenters. The van der Waals surface area contributed by atoms with E-state index >= 15 is 0 Å². The minimum absolute atomic E-state index is 0.0784. The first-order valence-electron chi connectivity index (χ1n) is 13.1. The molecule has 0 aliphatic carbocycles. The van der Waals surface area contributed by atoms with Gasteiger partial charge < -0.3 is 15.0 Å². The van der Waals surface area contributed by atoms with Crippen molar-refractivity contribution in [2.24, 2.45) is 0 Å². The maximum absolute atomic E-state index is 12.6. The molecule has 2 heterocycles. The summed E-state index contributed by atoms with van der Waals surface area (Å²) in [6.45, 7) is 2.14. The molecule has 40 heavy (non-hydrogen) atoms. The van der Waals surface area contributed by atoms with Gasteiger partial charge in [-0.1, -0.05) is 35.9 Å².